The number of ether oxygens (including phenoxy) is 1. The summed E-state index contributed by atoms with van der Waals surface area (Å²) in [6.07, 6.45) is 1.26. The van der Waals surface area contributed by atoms with Gasteiger partial charge in [0.25, 0.3) is 5.91 Å². The lowest BCUT2D eigenvalue weighted by Crippen LogP contribution is -2.47. The molecule has 2 aliphatic heterocycles. The number of sulfonamides is 1. The number of rotatable bonds is 7. The molecule has 2 fully saturated rings. The molecule has 2 saturated heterocycles. The minimum atomic E-state index is -3.10. The van der Waals surface area contributed by atoms with Crippen LogP contribution in [0.4, 0.5) is 0 Å². The molecule has 3 rings (SSSR count). The number of morpholine rings is 1. The molecule has 0 aliphatic carbocycles. The Bertz CT molecular complexity index is 740. The Kier molecular flexibility index (Phi) is 7.42. The monoisotopic (exact) mass is 410 g/mol. The van der Waals surface area contributed by atoms with Crippen LogP contribution >= 0.6 is 0 Å². The smallest absolute Gasteiger partial charge is 0.251 e. The largest absolute Gasteiger partial charge is 0.379 e. The van der Waals surface area contributed by atoms with Crippen LogP contribution in [0, 0.1) is 0 Å². The van der Waals surface area contributed by atoms with Crippen LogP contribution in [0.25, 0.3) is 0 Å². The summed E-state index contributed by atoms with van der Waals surface area (Å²) in [5, 5.41) is 2.97. The number of hydrogen-bond acceptors (Lipinski definition) is 6. The first kappa shape index (κ1) is 21.2. The Hall–Kier alpha value is -1.52. The predicted octanol–water partition coefficient (Wildman–Crippen LogP) is -0.174. The normalized spacial score (nSPS) is 20.2. The molecule has 0 unspecified atom stereocenters. The number of carbonyl (C=O) groups is 1. The lowest BCUT2D eigenvalue weighted by atomic mass is 10.1. The predicted molar refractivity (Wildman–Crippen MR) is 108 cm³/mol. The summed E-state index contributed by atoms with van der Waals surface area (Å²) >= 11 is 0. The molecular weight excluding hydrogens is 380 g/mol. The van der Waals surface area contributed by atoms with Crippen molar-refractivity contribution in [2.75, 3.05) is 71.8 Å². The molecule has 2 aliphatic rings. The van der Waals surface area contributed by atoms with Crippen molar-refractivity contribution < 1.29 is 17.9 Å². The van der Waals surface area contributed by atoms with Crippen molar-refractivity contribution in [3.8, 4) is 0 Å². The summed E-state index contributed by atoms with van der Waals surface area (Å²) < 4.78 is 30.0. The number of carbonyl (C=O) groups excluding carboxylic acids is 1. The van der Waals surface area contributed by atoms with E-state index in [1.54, 1.807) is 0 Å². The zero-order valence-corrected chi connectivity index (χ0v) is 17.3. The van der Waals surface area contributed by atoms with E-state index in [9.17, 15) is 13.2 Å². The molecule has 8 nitrogen and oxygen atoms in total. The molecule has 0 radical (unpaired) electrons. The first-order chi connectivity index (χ1) is 13.4. The van der Waals surface area contributed by atoms with Gasteiger partial charge in [0.15, 0.2) is 0 Å². The summed E-state index contributed by atoms with van der Waals surface area (Å²) in [7, 11) is -3.10. The second-order valence-corrected chi connectivity index (χ2v) is 9.33. The lowest BCUT2D eigenvalue weighted by Gasteiger charge is -2.33. The van der Waals surface area contributed by atoms with Crippen LogP contribution in [0.3, 0.4) is 0 Å². The first-order valence-electron chi connectivity index (χ1n) is 9.76. The first-order valence-corrected chi connectivity index (χ1v) is 11.6. The Balaban J connectivity index is 1.41. The topological polar surface area (TPSA) is 82.2 Å². The number of piperazine rings is 1. The van der Waals surface area contributed by atoms with Gasteiger partial charge in [-0.3, -0.25) is 14.6 Å². The molecule has 0 atom stereocenters. The van der Waals surface area contributed by atoms with Crippen LogP contribution in [0.2, 0.25) is 0 Å². The quantitative estimate of drug-likeness (QED) is 0.672. The fraction of sp³-hybridized carbons (Fsp3) is 0.632. The maximum Gasteiger partial charge on any atom is 0.251 e. The fourth-order valence-corrected chi connectivity index (χ4v) is 4.32. The van der Waals surface area contributed by atoms with Gasteiger partial charge in [-0.05, 0) is 17.7 Å². The molecule has 2 heterocycles. The summed E-state index contributed by atoms with van der Waals surface area (Å²) in [6.45, 7) is 8.09. The molecule has 1 aromatic carbocycles. The number of hydrogen-bond donors (Lipinski definition) is 1. The van der Waals surface area contributed by atoms with Crippen LogP contribution in [0.15, 0.2) is 24.3 Å². The van der Waals surface area contributed by atoms with E-state index in [0.717, 1.165) is 58.0 Å². The minimum Gasteiger partial charge on any atom is -0.379 e. The van der Waals surface area contributed by atoms with Gasteiger partial charge in [0.1, 0.15) is 0 Å². The van der Waals surface area contributed by atoms with E-state index in [4.69, 9.17) is 4.74 Å². The highest BCUT2D eigenvalue weighted by molar-refractivity contribution is 7.88. The molecule has 0 bridgehead atoms. The third-order valence-electron chi connectivity index (χ3n) is 5.24. The Morgan fingerprint density at radius 1 is 1.00 bits per heavy atom. The average molecular weight is 411 g/mol. The summed E-state index contributed by atoms with van der Waals surface area (Å²) in [5.41, 5.74) is 1.78. The standard InChI is InChI=1S/C19H30N4O4S/c1-28(25,26)23-10-8-22(9-11-23)16-17-2-4-18(5-3-17)19(24)20-6-7-21-12-14-27-15-13-21/h2-5H,6-16H2,1H3,(H,20,24). The van der Waals surface area contributed by atoms with Gasteiger partial charge in [-0.2, -0.15) is 4.31 Å². The molecule has 156 valence electrons. The minimum absolute atomic E-state index is 0.0541. The van der Waals surface area contributed by atoms with E-state index in [1.165, 1.54) is 10.6 Å². The lowest BCUT2D eigenvalue weighted by molar-refractivity contribution is 0.0383. The summed E-state index contributed by atoms with van der Waals surface area (Å²) in [5.74, 6) is -0.0541. The highest BCUT2D eigenvalue weighted by Gasteiger charge is 2.23. The molecule has 1 amide bonds. The Morgan fingerprint density at radius 3 is 2.25 bits per heavy atom. The van der Waals surface area contributed by atoms with Crippen molar-refractivity contribution in [2.24, 2.45) is 0 Å². The van der Waals surface area contributed by atoms with E-state index in [-0.39, 0.29) is 5.91 Å². The van der Waals surface area contributed by atoms with Crippen molar-refractivity contribution in [2.45, 2.75) is 6.54 Å². The van der Waals surface area contributed by atoms with Gasteiger partial charge >= 0.3 is 0 Å². The number of nitrogens with zero attached hydrogens (tertiary/aromatic N) is 3. The van der Waals surface area contributed by atoms with Crippen molar-refractivity contribution in [3.63, 3.8) is 0 Å². The van der Waals surface area contributed by atoms with Gasteiger partial charge in [-0.25, -0.2) is 8.42 Å². The van der Waals surface area contributed by atoms with E-state index < -0.39 is 10.0 Å². The van der Waals surface area contributed by atoms with Crippen LogP contribution in [0.1, 0.15) is 15.9 Å². The van der Waals surface area contributed by atoms with Crippen LogP contribution < -0.4 is 5.32 Å². The molecule has 1 N–H and O–H groups in total. The number of benzene rings is 1. The van der Waals surface area contributed by atoms with Crippen molar-refractivity contribution in [3.05, 3.63) is 35.4 Å². The van der Waals surface area contributed by atoms with Gasteiger partial charge in [0.2, 0.25) is 10.0 Å². The fourth-order valence-electron chi connectivity index (χ4n) is 3.49. The molecule has 9 heteroatoms. The van der Waals surface area contributed by atoms with E-state index in [1.807, 2.05) is 24.3 Å². The van der Waals surface area contributed by atoms with Crippen molar-refractivity contribution >= 4 is 15.9 Å². The molecule has 1 aromatic rings. The van der Waals surface area contributed by atoms with Gasteiger partial charge in [-0.15, -0.1) is 0 Å². The van der Waals surface area contributed by atoms with Gasteiger partial charge in [0, 0.05) is 64.5 Å². The van der Waals surface area contributed by atoms with E-state index in [2.05, 4.69) is 15.1 Å². The van der Waals surface area contributed by atoms with Crippen LogP contribution in [-0.2, 0) is 21.3 Å². The Labute approximate surface area is 167 Å². The van der Waals surface area contributed by atoms with Gasteiger partial charge < -0.3 is 10.1 Å². The van der Waals surface area contributed by atoms with Gasteiger partial charge in [-0.1, -0.05) is 12.1 Å². The van der Waals surface area contributed by atoms with Gasteiger partial charge in [0.05, 0.1) is 19.5 Å². The second kappa shape index (κ2) is 9.80. The molecule has 0 aromatic heterocycles. The highest BCUT2D eigenvalue weighted by Crippen LogP contribution is 2.12. The number of nitrogens with one attached hydrogen (secondary N) is 1. The third-order valence-corrected chi connectivity index (χ3v) is 6.54. The van der Waals surface area contributed by atoms with Crippen molar-refractivity contribution in [1.29, 1.82) is 0 Å². The molecule has 28 heavy (non-hydrogen) atoms. The Morgan fingerprint density at radius 2 is 1.64 bits per heavy atom. The SMILES string of the molecule is CS(=O)(=O)N1CCN(Cc2ccc(C(=O)NCCN3CCOCC3)cc2)CC1. The maximum absolute atomic E-state index is 12.3. The van der Waals surface area contributed by atoms with E-state index >= 15 is 0 Å². The zero-order chi connectivity index (χ0) is 20.0. The molecular formula is C19H30N4O4S. The maximum atomic E-state index is 12.3. The second-order valence-electron chi connectivity index (χ2n) is 7.35. The van der Waals surface area contributed by atoms with Crippen LogP contribution in [-0.4, -0.2) is 100 Å². The zero-order valence-electron chi connectivity index (χ0n) is 16.5. The highest BCUT2D eigenvalue weighted by atomic mass is 32.2. The summed E-state index contributed by atoms with van der Waals surface area (Å²) in [6, 6.07) is 7.65. The molecule has 0 spiro atoms. The molecule has 0 saturated carbocycles. The third kappa shape index (κ3) is 6.25. The van der Waals surface area contributed by atoms with E-state index in [0.29, 0.717) is 25.2 Å². The summed E-state index contributed by atoms with van der Waals surface area (Å²) in [4.78, 5) is 16.8. The van der Waals surface area contributed by atoms with Crippen LogP contribution in [0.5, 0.6) is 0 Å². The average Bonchev–Trinajstić information content (AvgIpc) is 2.69. The number of amides is 1. The van der Waals surface area contributed by atoms with Crippen molar-refractivity contribution in [1.82, 2.24) is 19.4 Å².